The maximum Gasteiger partial charge on any atom is 0.170 e. The second kappa shape index (κ2) is 6.57. The molecule has 1 aromatic carbocycles. The maximum absolute atomic E-state index is 8.60. The first-order valence-electron chi connectivity index (χ1n) is 6.89. The third kappa shape index (κ3) is 3.70. The van der Waals surface area contributed by atoms with Crippen LogP contribution < -0.4 is 5.73 Å². The average molecular weight is 262 g/mol. The van der Waals surface area contributed by atoms with Crippen LogP contribution in [0, 0.1) is 5.92 Å². The Hall–Kier alpha value is -1.55. The van der Waals surface area contributed by atoms with Gasteiger partial charge in [0.15, 0.2) is 5.84 Å². The summed E-state index contributed by atoms with van der Waals surface area (Å²) in [7, 11) is 0. The van der Waals surface area contributed by atoms with Crippen molar-refractivity contribution in [3.63, 3.8) is 0 Å². The molecule has 104 valence electrons. The molecule has 0 spiro atoms. The molecule has 4 nitrogen and oxygen atoms in total. The molecule has 2 rings (SSSR count). The fraction of sp³-hybridized carbons (Fsp3) is 0.533. The summed E-state index contributed by atoms with van der Waals surface area (Å²) in [4.78, 5) is 0. The Balaban J connectivity index is 1.89. The van der Waals surface area contributed by atoms with Crippen LogP contribution in [0.2, 0.25) is 0 Å². The lowest BCUT2D eigenvalue weighted by Gasteiger charge is -2.28. The number of nitrogens with two attached hydrogens (primary N) is 1. The average Bonchev–Trinajstić information content (AvgIpc) is 2.46. The van der Waals surface area contributed by atoms with Gasteiger partial charge in [-0.15, -0.1) is 0 Å². The molecule has 19 heavy (non-hydrogen) atoms. The summed E-state index contributed by atoms with van der Waals surface area (Å²) in [5.41, 5.74) is 7.36. The van der Waals surface area contributed by atoms with Crippen molar-refractivity contribution in [3.05, 3.63) is 35.4 Å². The molecule has 0 amide bonds. The van der Waals surface area contributed by atoms with Crippen molar-refractivity contribution in [2.24, 2.45) is 16.8 Å². The number of amidine groups is 1. The number of benzene rings is 1. The lowest BCUT2D eigenvalue weighted by molar-refractivity contribution is -0.0154. The summed E-state index contributed by atoms with van der Waals surface area (Å²) in [6.45, 7) is 2.90. The van der Waals surface area contributed by atoms with Gasteiger partial charge >= 0.3 is 0 Å². The Morgan fingerprint density at radius 1 is 1.32 bits per heavy atom. The van der Waals surface area contributed by atoms with Crippen LogP contribution in [0.4, 0.5) is 0 Å². The van der Waals surface area contributed by atoms with Crippen LogP contribution >= 0.6 is 0 Å². The maximum atomic E-state index is 8.60. The topological polar surface area (TPSA) is 67.8 Å². The molecule has 0 bridgehead atoms. The summed E-state index contributed by atoms with van der Waals surface area (Å²) < 4.78 is 6.00. The van der Waals surface area contributed by atoms with Gasteiger partial charge in [-0.1, -0.05) is 49.2 Å². The van der Waals surface area contributed by atoms with Crippen molar-refractivity contribution < 1.29 is 9.94 Å². The summed E-state index contributed by atoms with van der Waals surface area (Å²) >= 11 is 0. The fourth-order valence-corrected chi connectivity index (χ4v) is 2.56. The molecule has 2 unspecified atom stereocenters. The third-order valence-electron chi connectivity index (χ3n) is 3.85. The van der Waals surface area contributed by atoms with Crippen LogP contribution in [0.3, 0.4) is 0 Å². The molecule has 0 aliphatic heterocycles. The van der Waals surface area contributed by atoms with Gasteiger partial charge in [0.25, 0.3) is 0 Å². The van der Waals surface area contributed by atoms with Gasteiger partial charge < -0.3 is 15.7 Å². The molecule has 0 radical (unpaired) electrons. The Bertz CT molecular complexity index is 428. The first-order valence-corrected chi connectivity index (χ1v) is 6.89. The Morgan fingerprint density at radius 2 is 2.00 bits per heavy atom. The van der Waals surface area contributed by atoms with Gasteiger partial charge in [0.1, 0.15) is 0 Å². The number of ether oxygens (including phenoxy) is 1. The third-order valence-corrected chi connectivity index (χ3v) is 3.85. The second-order valence-electron chi connectivity index (χ2n) is 5.29. The van der Waals surface area contributed by atoms with E-state index >= 15 is 0 Å². The zero-order chi connectivity index (χ0) is 13.7. The molecule has 2 atom stereocenters. The Morgan fingerprint density at radius 3 is 2.63 bits per heavy atom. The zero-order valence-electron chi connectivity index (χ0n) is 11.4. The lowest BCUT2D eigenvalue weighted by atomic mass is 9.88. The van der Waals surface area contributed by atoms with Gasteiger partial charge in [0.05, 0.1) is 12.7 Å². The van der Waals surface area contributed by atoms with Gasteiger partial charge in [0, 0.05) is 5.56 Å². The Labute approximate surface area is 114 Å². The predicted octanol–water partition coefficient (Wildman–Crippen LogP) is 2.88. The quantitative estimate of drug-likeness (QED) is 0.379. The van der Waals surface area contributed by atoms with Gasteiger partial charge in [-0.2, -0.15) is 0 Å². The summed E-state index contributed by atoms with van der Waals surface area (Å²) in [5.74, 6) is 0.790. The van der Waals surface area contributed by atoms with E-state index in [1.807, 2.05) is 24.3 Å². The van der Waals surface area contributed by atoms with E-state index in [1.54, 1.807) is 0 Å². The first kappa shape index (κ1) is 13.9. The smallest absolute Gasteiger partial charge is 0.170 e. The summed E-state index contributed by atoms with van der Waals surface area (Å²) in [5, 5.41) is 11.6. The van der Waals surface area contributed by atoms with E-state index in [0.717, 1.165) is 11.1 Å². The van der Waals surface area contributed by atoms with Crippen molar-refractivity contribution in [3.8, 4) is 0 Å². The molecule has 1 aliphatic carbocycles. The Kier molecular flexibility index (Phi) is 4.80. The molecule has 0 aromatic heterocycles. The normalized spacial score (nSPS) is 24.4. The van der Waals surface area contributed by atoms with E-state index < -0.39 is 0 Å². The number of nitrogens with zero attached hydrogens (tertiary/aromatic N) is 1. The van der Waals surface area contributed by atoms with Crippen LogP contribution in [0.25, 0.3) is 0 Å². The number of oxime groups is 1. The molecule has 0 saturated heterocycles. The van der Waals surface area contributed by atoms with E-state index in [-0.39, 0.29) is 5.84 Å². The van der Waals surface area contributed by atoms with E-state index in [0.29, 0.717) is 18.6 Å². The highest BCUT2D eigenvalue weighted by atomic mass is 16.5. The monoisotopic (exact) mass is 262 g/mol. The molecule has 1 aromatic rings. The SMILES string of the molecule is CC1CCCCC1OCc1ccc(/C(N)=N/O)cc1. The highest BCUT2D eigenvalue weighted by Gasteiger charge is 2.21. The molecule has 4 heteroatoms. The number of hydrogen-bond donors (Lipinski definition) is 2. The van der Waals surface area contributed by atoms with Crippen molar-refractivity contribution >= 4 is 5.84 Å². The predicted molar refractivity (Wildman–Crippen MR) is 75.2 cm³/mol. The van der Waals surface area contributed by atoms with E-state index in [4.69, 9.17) is 15.7 Å². The van der Waals surface area contributed by atoms with Crippen LogP contribution in [-0.4, -0.2) is 17.1 Å². The van der Waals surface area contributed by atoms with Gasteiger partial charge in [-0.05, 0) is 24.3 Å². The number of rotatable bonds is 4. The molecule has 1 aliphatic rings. The van der Waals surface area contributed by atoms with Crippen molar-refractivity contribution in [2.45, 2.75) is 45.3 Å². The highest BCUT2D eigenvalue weighted by molar-refractivity contribution is 5.96. The van der Waals surface area contributed by atoms with Crippen LogP contribution in [-0.2, 0) is 11.3 Å². The standard InChI is InChI=1S/C15H22N2O2/c1-11-4-2-3-5-14(11)19-10-12-6-8-13(9-7-12)15(16)17-18/h6-9,11,14,18H,2-5,10H2,1H3,(H2,16,17). The molecule has 1 saturated carbocycles. The minimum atomic E-state index is 0.133. The van der Waals surface area contributed by atoms with E-state index in [1.165, 1.54) is 25.7 Å². The van der Waals surface area contributed by atoms with Crippen molar-refractivity contribution in [1.82, 2.24) is 0 Å². The van der Waals surface area contributed by atoms with Crippen molar-refractivity contribution in [2.75, 3.05) is 0 Å². The van der Waals surface area contributed by atoms with E-state index in [9.17, 15) is 0 Å². The second-order valence-corrected chi connectivity index (χ2v) is 5.29. The van der Waals surface area contributed by atoms with Gasteiger partial charge in [-0.3, -0.25) is 0 Å². The molecule has 1 fully saturated rings. The minimum absolute atomic E-state index is 0.133. The summed E-state index contributed by atoms with van der Waals surface area (Å²) in [6, 6.07) is 7.61. The largest absolute Gasteiger partial charge is 0.409 e. The van der Waals surface area contributed by atoms with E-state index in [2.05, 4.69) is 12.1 Å². The van der Waals surface area contributed by atoms with Crippen LogP contribution in [0.15, 0.2) is 29.4 Å². The van der Waals surface area contributed by atoms with Crippen LogP contribution in [0.5, 0.6) is 0 Å². The minimum Gasteiger partial charge on any atom is -0.409 e. The zero-order valence-corrected chi connectivity index (χ0v) is 11.4. The van der Waals surface area contributed by atoms with Crippen LogP contribution in [0.1, 0.15) is 43.7 Å². The lowest BCUT2D eigenvalue weighted by Crippen LogP contribution is -2.25. The van der Waals surface area contributed by atoms with Gasteiger partial charge in [-0.25, -0.2) is 0 Å². The molecule has 0 heterocycles. The first-order chi connectivity index (χ1) is 9.20. The fourth-order valence-electron chi connectivity index (χ4n) is 2.56. The molecular formula is C15H22N2O2. The van der Waals surface area contributed by atoms with Crippen molar-refractivity contribution in [1.29, 1.82) is 0 Å². The van der Waals surface area contributed by atoms with Gasteiger partial charge in [0.2, 0.25) is 0 Å². The molecule has 3 N–H and O–H groups in total. The molecular weight excluding hydrogens is 240 g/mol. The highest BCUT2D eigenvalue weighted by Crippen LogP contribution is 2.27. The summed E-state index contributed by atoms with van der Waals surface area (Å²) in [6.07, 6.45) is 5.43. The number of hydrogen-bond acceptors (Lipinski definition) is 3.